The number of nitrogens with zero attached hydrogens (tertiary/aromatic N) is 5. The molecule has 3 heterocycles. The number of hydrogen-bond acceptors (Lipinski definition) is 5. The maximum absolute atomic E-state index is 13.4. The zero-order valence-electron chi connectivity index (χ0n) is 15.4. The Morgan fingerprint density at radius 2 is 1.90 bits per heavy atom. The van der Waals surface area contributed by atoms with Crippen molar-refractivity contribution in [3.05, 3.63) is 76.7 Å². The minimum absolute atomic E-state index is 0.0905. The van der Waals surface area contributed by atoms with Gasteiger partial charge in [0.25, 0.3) is 0 Å². The average Bonchev–Trinajstić information content (AvgIpc) is 3.23. The van der Waals surface area contributed by atoms with Gasteiger partial charge in [0.2, 0.25) is 10.0 Å². The molecule has 11 heteroatoms. The molecule has 1 unspecified atom stereocenters. The number of benzene rings is 1. The van der Waals surface area contributed by atoms with Crippen LogP contribution in [0, 0.1) is 12.7 Å². The fourth-order valence-electron chi connectivity index (χ4n) is 2.90. The van der Waals surface area contributed by atoms with Crippen LogP contribution in [0.4, 0.5) is 4.39 Å². The number of nitrogens with one attached hydrogen (secondary N) is 1. The van der Waals surface area contributed by atoms with Crippen molar-refractivity contribution in [1.29, 1.82) is 0 Å². The molecule has 0 spiro atoms. The molecule has 0 bridgehead atoms. The fourth-order valence-corrected chi connectivity index (χ4v) is 4.21. The maximum atomic E-state index is 13.4. The Labute approximate surface area is 171 Å². The number of halogens is 2. The summed E-state index contributed by atoms with van der Waals surface area (Å²) < 4.78 is 45.0. The number of aromatic nitrogens is 5. The lowest BCUT2D eigenvalue weighted by Crippen LogP contribution is -2.30. The summed E-state index contributed by atoms with van der Waals surface area (Å²) in [5, 5.41) is 8.83. The normalized spacial score (nSPS) is 13.1. The Bertz CT molecular complexity index is 1300. The highest BCUT2D eigenvalue weighted by Gasteiger charge is 2.26. The zero-order chi connectivity index (χ0) is 20.8. The van der Waals surface area contributed by atoms with Crippen LogP contribution in [0.15, 0.2) is 53.8 Å². The first-order chi connectivity index (χ1) is 13.7. The Hall–Kier alpha value is -2.82. The summed E-state index contributed by atoms with van der Waals surface area (Å²) in [6.45, 7) is 1.70. The van der Waals surface area contributed by atoms with Crippen molar-refractivity contribution in [2.75, 3.05) is 0 Å². The number of aryl methyl sites for hydroxylation is 2. The van der Waals surface area contributed by atoms with E-state index < -0.39 is 21.9 Å². The van der Waals surface area contributed by atoms with Crippen LogP contribution in [0.2, 0.25) is 5.02 Å². The van der Waals surface area contributed by atoms with Crippen LogP contribution in [-0.4, -0.2) is 32.8 Å². The molecule has 3 aromatic heterocycles. The summed E-state index contributed by atoms with van der Waals surface area (Å²) in [6, 6.07) is 6.42. The molecule has 1 aromatic carbocycles. The minimum atomic E-state index is -4.01. The maximum Gasteiger partial charge on any atom is 0.244 e. The van der Waals surface area contributed by atoms with Gasteiger partial charge in [0.15, 0.2) is 5.65 Å². The van der Waals surface area contributed by atoms with E-state index in [2.05, 4.69) is 19.9 Å². The van der Waals surface area contributed by atoms with Gasteiger partial charge in [-0.2, -0.15) is 14.9 Å². The second-order valence-corrected chi connectivity index (χ2v) is 8.57. The second-order valence-electron chi connectivity index (χ2n) is 6.48. The molecule has 0 aliphatic heterocycles. The molecular weight excluding hydrogens is 419 g/mol. The number of fused-ring (bicyclic) bond motifs is 1. The first kappa shape index (κ1) is 19.5. The highest BCUT2D eigenvalue weighted by atomic mass is 35.5. The van der Waals surface area contributed by atoms with Crippen molar-refractivity contribution in [2.45, 2.75) is 17.9 Å². The van der Waals surface area contributed by atoms with Crippen LogP contribution in [0.25, 0.3) is 5.65 Å². The highest BCUT2D eigenvalue weighted by molar-refractivity contribution is 7.89. The van der Waals surface area contributed by atoms with E-state index in [1.165, 1.54) is 41.2 Å². The first-order valence-electron chi connectivity index (χ1n) is 8.52. The third-order valence-corrected chi connectivity index (χ3v) is 6.19. The lowest BCUT2D eigenvalue weighted by atomic mass is 10.1. The predicted molar refractivity (Wildman–Crippen MR) is 105 cm³/mol. The lowest BCUT2D eigenvalue weighted by molar-refractivity contribution is 0.566. The first-order valence-corrected chi connectivity index (χ1v) is 10.4. The van der Waals surface area contributed by atoms with Gasteiger partial charge < -0.3 is 0 Å². The van der Waals surface area contributed by atoms with E-state index in [1.807, 2.05) is 0 Å². The SMILES string of the molecule is Cc1nn2cc(S(=O)(=O)NC(c3ccc(F)cc3)c3ccn(C)n3)cnc2c1Cl. The van der Waals surface area contributed by atoms with E-state index >= 15 is 0 Å². The number of sulfonamides is 1. The number of hydrogen-bond donors (Lipinski definition) is 1. The van der Waals surface area contributed by atoms with Crippen molar-refractivity contribution in [3.8, 4) is 0 Å². The molecule has 4 aromatic rings. The molecule has 0 radical (unpaired) electrons. The van der Waals surface area contributed by atoms with Crippen LogP contribution in [0.3, 0.4) is 0 Å². The molecule has 4 rings (SSSR count). The molecule has 1 N–H and O–H groups in total. The van der Waals surface area contributed by atoms with Crippen LogP contribution in [0.5, 0.6) is 0 Å². The van der Waals surface area contributed by atoms with Crippen LogP contribution in [0.1, 0.15) is 23.0 Å². The van der Waals surface area contributed by atoms with Gasteiger partial charge in [-0.3, -0.25) is 4.68 Å². The standard InChI is InChI=1S/C18H16ClFN6O2S/c1-11-16(19)18-21-9-14(10-26(18)22-11)29(27,28)24-17(15-7-8-25(2)23-15)12-3-5-13(20)6-4-12/h3-10,17,24H,1-2H3. The largest absolute Gasteiger partial charge is 0.275 e. The molecule has 0 saturated carbocycles. The van der Waals surface area contributed by atoms with Gasteiger partial charge in [0, 0.05) is 13.2 Å². The van der Waals surface area contributed by atoms with E-state index in [1.54, 1.807) is 30.9 Å². The van der Waals surface area contributed by atoms with Gasteiger partial charge in [-0.25, -0.2) is 22.3 Å². The summed E-state index contributed by atoms with van der Waals surface area (Å²) >= 11 is 6.12. The molecule has 8 nitrogen and oxygen atoms in total. The highest BCUT2D eigenvalue weighted by Crippen LogP contribution is 2.25. The molecule has 1 atom stereocenters. The zero-order valence-corrected chi connectivity index (χ0v) is 17.0. The van der Waals surface area contributed by atoms with Gasteiger partial charge in [-0.15, -0.1) is 0 Å². The van der Waals surface area contributed by atoms with Crippen molar-refractivity contribution < 1.29 is 12.8 Å². The monoisotopic (exact) mass is 434 g/mol. The Kier molecular flexibility index (Phi) is 4.85. The predicted octanol–water partition coefficient (Wildman–Crippen LogP) is 2.63. The lowest BCUT2D eigenvalue weighted by Gasteiger charge is -2.17. The minimum Gasteiger partial charge on any atom is -0.275 e. The molecule has 0 fully saturated rings. The summed E-state index contributed by atoms with van der Waals surface area (Å²) in [7, 11) is -2.29. The van der Waals surface area contributed by atoms with E-state index in [4.69, 9.17) is 11.6 Å². The van der Waals surface area contributed by atoms with Gasteiger partial charge in [0.05, 0.1) is 29.8 Å². The fraction of sp³-hybridized carbons (Fsp3) is 0.167. The molecule has 0 saturated heterocycles. The topological polar surface area (TPSA) is 94.2 Å². The van der Waals surface area contributed by atoms with Gasteiger partial charge >= 0.3 is 0 Å². The van der Waals surface area contributed by atoms with Crippen molar-refractivity contribution in [1.82, 2.24) is 29.1 Å². The Morgan fingerprint density at radius 1 is 1.17 bits per heavy atom. The third-order valence-electron chi connectivity index (χ3n) is 4.37. The van der Waals surface area contributed by atoms with Gasteiger partial charge in [0.1, 0.15) is 15.7 Å². The van der Waals surface area contributed by atoms with Gasteiger partial charge in [-0.05, 0) is 30.7 Å². The van der Waals surface area contributed by atoms with Crippen molar-refractivity contribution in [3.63, 3.8) is 0 Å². The van der Waals surface area contributed by atoms with Crippen molar-refractivity contribution >= 4 is 27.3 Å². The molecule has 150 valence electrons. The van der Waals surface area contributed by atoms with E-state index in [0.717, 1.165) is 0 Å². The summed E-state index contributed by atoms with van der Waals surface area (Å²) in [5.41, 5.74) is 1.91. The van der Waals surface area contributed by atoms with Gasteiger partial charge in [-0.1, -0.05) is 23.7 Å². The third kappa shape index (κ3) is 3.74. The van der Waals surface area contributed by atoms with E-state index in [0.29, 0.717) is 27.6 Å². The Balaban J connectivity index is 1.75. The molecule has 0 aliphatic carbocycles. The average molecular weight is 435 g/mol. The van der Waals surface area contributed by atoms with Crippen LogP contribution in [-0.2, 0) is 17.1 Å². The summed E-state index contributed by atoms with van der Waals surface area (Å²) in [5.74, 6) is -0.419. The van der Waals surface area contributed by atoms with Crippen molar-refractivity contribution in [2.24, 2.45) is 7.05 Å². The van der Waals surface area contributed by atoms with Crippen LogP contribution < -0.4 is 4.72 Å². The smallest absolute Gasteiger partial charge is 0.244 e. The molecule has 0 aliphatic rings. The molecule has 29 heavy (non-hydrogen) atoms. The molecule has 0 amide bonds. The summed E-state index contributed by atoms with van der Waals surface area (Å²) in [6.07, 6.45) is 4.25. The van der Waals surface area contributed by atoms with Crippen LogP contribution >= 0.6 is 11.6 Å². The molecular formula is C18H16ClFN6O2S. The second kappa shape index (κ2) is 7.21. The Morgan fingerprint density at radius 3 is 2.55 bits per heavy atom. The quantitative estimate of drug-likeness (QED) is 0.521. The van der Waals surface area contributed by atoms with E-state index in [-0.39, 0.29) is 4.90 Å². The van der Waals surface area contributed by atoms with E-state index in [9.17, 15) is 12.8 Å². The number of rotatable bonds is 5. The summed E-state index contributed by atoms with van der Waals surface area (Å²) in [4.78, 5) is 4.03.